The first-order chi connectivity index (χ1) is 20.7. The van der Waals surface area contributed by atoms with E-state index in [1.807, 2.05) is 0 Å². The summed E-state index contributed by atoms with van der Waals surface area (Å²) in [6.45, 7) is 2.13. The molecule has 0 amide bonds. The summed E-state index contributed by atoms with van der Waals surface area (Å²) in [7, 11) is 0. The van der Waals surface area contributed by atoms with Gasteiger partial charge in [-0.3, -0.25) is 0 Å². The minimum Gasteiger partial charge on any atom is -0.378 e. The molecule has 2 N–H and O–H groups in total. The highest BCUT2D eigenvalue weighted by Crippen LogP contribution is 2.31. The highest BCUT2D eigenvalue weighted by molar-refractivity contribution is 5.49. The van der Waals surface area contributed by atoms with Gasteiger partial charge in [-0.05, 0) is 78.4 Å². The fourth-order valence-corrected chi connectivity index (χ4v) is 5.56. The third kappa shape index (κ3) is 6.82. The Balaban J connectivity index is 1.39. The molecule has 2 atom stereocenters. The van der Waals surface area contributed by atoms with E-state index in [0.717, 1.165) is 24.2 Å². The van der Waals surface area contributed by atoms with Crippen molar-refractivity contribution in [3.05, 3.63) is 186 Å². The van der Waals surface area contributed by atoms with Gasteiger partial charge in [-0.1, -0.05) is 115 Å². The van der Waals surface area contributed by atoms with Gasteiger partial charge in [-0.2, -0.15) is 0 Å². The predicted octanol–water partition coefficient (Wildman–Crippen LogP) is 9.58. The Hall–Kier alpha value is -5.02. The van der Waals surface area contributed by atoms with Gasteiger partial charge in [0.1, 0.15) is 0 Å². The highest BCUT2D eigenvalue weighted by atomic mass is 15.0. The number of para-hydroxylation sites is 2. The van der Waals surface area contributed by atoms with E-state index in [4.69, 9.17) is 0 Å². The molecule has 6 aromatic rings. The number of aromatic nitrogens is 1. The second-order valence-electron chi connectivity index (χ2n) is 10.9. The van der Waals surface area contributed by atoms with E-state index in [1.54, 1.807) is 0 Å². The molecule has 0 saturated heterocycles. The van der Waals surface area contributed by atoms with Crippen molar-refractivity contribution in [1.29, 1.82) is 0 Å². The lowest BCUT2D eigenvalue weighted by molar-refractivity contribution is 0.739. The molecule has 2 unspecified atom stereocenters. The van der Waals surface area contributed by atoms with Gasteiger partial charge >= 0.3 is 0 Å². The average Bonchev–Trinajstić information content (AvgIpc) is 3.44. The molecule has 208 valence electrons. The van der Waals surface area contributed by atoms with Gasteiger partial charge in [-0.15, -0.1) is 0 Å². The third-order valence-electron chi connectivity index (χ3n) is 7.82. The van der Waals surface area contributed by atoms with Crippen molar-refractivity contribution in [2.45, 2.75) is 31.8 Å². The van der Waals surface area contributed by atoms with Gasteiger partial charge in [-0.25, -0.2) is 0 Å². The van der Waals surface area contributed by atoms with Crippen LogP contribution in [0.5, 0.6) is 0 Å². The zero-order chi connectivity index (χ0) is 28.6. The SMILES string of the molecule is Cc1ccc(-n2cc(CC(Nc3ccccc3)c3ccccc3)c(CC(Nc3ccccc3)c3ccccc3)c2)cc1. The van der Waals surface area contributed by atoms with Crippen LogP contribution in [-0.2, 0) is 12.8 Å². The predicted molar refractivity (Wildman–Crippen MR) is 176 cm³/mol. The highest BCUT2D eigenvalue weighted by Gasteiger charge is 2.20. The molecule has 0 aliphatic carbocycles. The molecule has 0 bridgehead atoms. The molecule has 0 saturated carbocycles. The monoisotopic (exact) mass is 547 g/mol. The Labute approximate surface area is 249 Å². The van der Waals surface area contributed by atoms with Crippen LogP contribution < -0.4 is 10.6 Å². The molecular weight excluding hydrogens is 510 g/mol. The molecular formula is C39H37N3. The maximum atomic E-state index is 3.83. The van der Waals surface area contributed by atoms with Crippen LogP contribution in [-0.4, -0.2) is 4.57 Å². The minimum atomic E-state index is 0.124. The van der Waals surface area contributed by atoms with Crippen LogP contribution in [0.2, 0.25) is 0 Å². The summed E-state index contributed by atoms with van der Waals surface area (Å²) in [6, 6.07) is 51.6. The molecule has 1 aromatic heterocycles. The molecule has 0 fully saturated rings. The molecule has 0 radical (unpaired) electrons. The summed E-state index contributed by atoms with van der Waals surface area (Å²) in [6.07, 6.45) is 6.38. The maximum Gasteiger partial charge on any atom is 0.0554 e. The van der Waals surface area contributed by atoms with Crippen LogP contribution in [0.25, 0.3) is 5.69 Å². The first-order valence-corrected chi connectivity index (χ1v) is 14.7. The van der Waals surface area contributed by atoms with E-state index in [-0.39, 0.29) is 12.1 Å². The van der Waals surface area contributed by atoms with Crippen molar-refractivity contribution in [1.82, 2.24) is 4.57 Å². The van der Waals surface area contributed by atoms with Crippen LogP contribution in [0.3, 0.4) is 0 Å². The normalized spacial score (nSPS) is 12.4. The Morgan fingerprint density at radius 3 is 1.26 bits per heavy atom. The standard InChI is InChI=1S/C39H37N3/c1-30-22-24-37(25-23-30)42-28-33(26-38(31-14-6-2-7-15-31)40-35-18-10-4-11-19-35)34(29-42)27-39(32-16-8-3-9-17-32)41-36-20-12-5-13-21-36/h2-25,28-29,38-41H,26-27H2,1H3. The van der Waals surface area contributed by atoms with Gasteiger partial charge in [0, 0.05) is 29.5 Å². The molecule has 3 heteroatoms. The number of aryl methyl sites for hydroxylation is 1. The van der Waals surface area contributed by atoms with E-state index in [1.165, 1.54) is 33.5 Å². The van der Waals surface area contributed by atoms with Crippen molar-refractivity contribution in [2.75, 3.05) is 10.6 Å². The van der Waals surface area contributed by atoms with E-state index in [9.17, 15) is 0 Å². The van der Waals surface area contributed by atoms with Gasteiger partial charge in [0.25, 0.3) is 0 Å². The molecule has 0 aliphatic rings. The number of hydrogen-bond acceptors (Lipinski definition) is 2. The van der Waals surface area contributed by atoms with Crippen molar-refractivity contribution in [3.63, 3.8) is 0 Å². The number of anilines is 2. The molecule has 0 spiro atoms. The lowest BCUT2D eigenvalue weighted by atomic mass is 9.93. The first kappa shape index (κ1) is 27.2. The van der Waals surface area contributed by atoms with E-state index < -0.39 is 0 Å². The summed E-state index contributed by atoms with van der Waals surface area (Å²) in [4.78, 5) is 0. The van der Waals surface area contributed by atoms with Crippen LogP contribution in [0.4, 0.5) is 11.4 Å². The molecule has 42 heavy (non-hydrogen) atoms. The van der Waals surface area contributed by atoms with Crippen LogP contribution >= 0.6 is 0 Å². The smallest absolute Gasteiger partial charge is 0.0554 e. The number of rotatable bonds is 11. The summed E-state index contributed by atoms with van der Waals surface area (Å²) in [5, 5.41) is 7.65. The lowest BCUT2D eigenvalue weighted by Crippen LogP contribution is -2.16. The zero-order valence-electron chi connectivity index (χ0n) is 24.0. The fourth-order valence-electron chi connectivity index (χ4n) is 5.56. The van der Waals surface area contributed by atoms with Gasteiger partial charge in [0.05, 0.1) is 12.1 Å². The Bertz CT molecular complexity index is 1550. The van der Waals surface area contributed by atoms with E-state index in [0.29, 0.717) is 0 Å². The first-order valence-electron chi connectivity index (χ1n) is 14.7. The van der Waals surface area contributed by atoms with Gasteiger partial charge in [0.2, 0.25) is 0 Å². The second-order valence-corrected chi connectivity index (χ2v) is 10.9. The van der Waals surface area contributed by atoms with Gasteiger partial charge < -0.3 is 15.2 Å². The molecule has 1 heterocycles. The fraction of sp³-hybridized carbons (Fsp3) is 0.128. The number of nitrogens with zero attached hydrogens (tertiary/aromatic N) is 1. The van der Waals surface area contributed by atoms with Crippen molar-refractivity contribution < 1.29 is 0 Å². The van der Waals surface area contributed by atoms with E-state index in [2.05, 4.69) is 180 Å². The zero-order valence-corrected chi connectivity index (χ0v) is 24.0. The summed E-state index contributed by atoms with van der Waals surface area (Å²) >= 11 is 0. The van der Waals surface area contributed by atoms with Crippen LogP contribution in [0.15, 0.2) is 158 Å². The summed E-state index contributed by atoms with van der Waals surface area (Å²) in [5.74, 6) is 0. The van der Waals surface area contributed by atoms with E-state index >= 15 is 0 Å². The second kappa shape index (κ2) is 13.1. The average molecular weight is 548 g/mol. The molecule has 6 rings (SSSR count). The topological polar surface area (TPSA) is 29.0 Å². The third-order valence-corrected chi connectivity index (χ3v) is 7.82. The molecule has 0 aliphatic heterocycles. The summed E-state index contributed by atoms with van der Waals surface area (Å²) < 4.78 is 2.29. The lowest BCUT2D eigenvalue weighted by Gasteiger charge is -2.23. The number of benzene rings is 5. The Morgan fingerprint density at radius 1 is 0.476 bits per heavy atom. The number of nitrogens with one attached hydrogen (secondary N) is 2. The quantitative estimate of drug-likeness (QED) is 0.169. The van der Waals surface area contributed by atoms with Crippen LogP contribution in [0, 0.1) is 6.92 Å². The minimum absolute atomic E-state index is 0.124. The van der Waals surface area contributed by atoms with Gasteiger partial charge in [0.15, 0.2) is 0 Å². The maximum absolute atomic E-state index is 3.83. The van der Waals surface area contributed by atoms with Crippen LogP contribution in [0.1, 0.15) is 39.9 Å². The van der Waals surface area contributed by atoms with Crippen molar-refractivity contribution >= 4 is 11.4 Å². The van der Waals surface area contributed by atoms with Crippen molar-refractivity contribution in [3.8, 4) is 5.69 Å². The molecule has 3 nitrogen and oxygen atoms in total. The van der Waals surface area contributed by atoms with Crippen molar-refractivity contribution in [2.24, 2.45) is 0 Å². The molecule has 5 aromatic carbocycles. The number of hydrogen-bond donors (Lipinski definition) is 2. The Morgan fingerprint density at radius 2 is 0.857 bits per heavy atom. The largest absolute Gasteiger partial charge is 0.378 e. The Kier molecular flexibility index (Phi) is 8.47. The summed E-state index contributed by atoms with van der Waals surface area (Å²) in [5.41, 5.74) is 9.91.